The van der Waals surface area contributed by atoms with E-state index in [0.29, 0.717) is 5.01 Å². The molecule has 0 radical (unpaired) electrons. The molecule has 5 nitrogen and oxygen atoms in total. The topological polar surface area (TPSA) is 74.1 Å². The zero-order chi connectivity index (χ0) is 15.6. The summed E-state index contributed by atoms with van der Waals surface area (Å²) >= 11 is 1.35. The van der Waals surface area contributed by atoms with Crippen LogP contribution in [-0.2, 0) is 16.6 Å². The van der Waals surface area contributed by atoms with Gasteiger partial charge in [0.05, 0.1) is 6.54 Å². The zero-order valence-electron chi connectivity index (χ0n) is 11.4. The first-order chi connectivity index (χ1) is 9.86. The maximum Gasteiger partial charge on any atom is 0.244 e. The molecule has 0 N–H and O–H groups in total. The van der Waals surface area contributed by atoms with Crippen LogP contribution in [0.25, 0.3) is 0 Å². The summed E-state index contributed by atoms with van der Waals surface area (Å²) in [5.41, 5.74) is 0.337. The first-order valence-corrected chi connectivity index (χ1v) is 8.24. The van der Waals surface area contributed by atoms with E-state index < -0.39 is 21.4 Å². The predicted octanol–water partition coefficient (Wildman–Crippen LogP) is 2.28. The fraction of sp³-hybridized carbons (Fsp3) is 0.231. The van der Waals surface area contributed by atoms with Crippen molar-refractivity contribution in [2.24, 2.45) is 0 Å². The summed E-state index contributed by atoms with van der Waals surface area (Å²) in [6, 6.07) is 5.15. The first kappa shape index (κ1) is 15.6. The largest absolute Gasteiger partial charge is 0.245 e. The number of aryl methyl sites for hydroxylation is 1. The van der Waals surface area contributed by atoms with E-state index in [2.05, 4.69) is 4.98 Å². The SMILES string of the molecule is Cc1csc(CN(C)S(=O)(=O)c2cccc(F)c2C#N)n1. The highest BCUT2D eigenvalue weighted by Gasteiger charge is 2.26. The van der Waals surface area contributed by atoms with Crippen LogP contribution in [0.3, 0.4) is 0 Å². The minimum Gasteiger partial charge on any atom is -0.245 e. The van der Waals surface area contributed by atoms with Gasteiger partial charge in [-0.2, -0.15) is 9.57 Å². The summed E-state index contributed by atoms with van der Waals surface area (Å²) in [7, 11) is -2.58. The van der Waals surface area contributed by atoms with E-state index in [0.717, 1.165) is 16.1 Å². The number of halogens is 1. The third kappa shape index (κ3) is 3.10. The number of benzene rings is 1. The molecule has 2 rings (SSSR count). The van der Waals surface area contributed by atoms with Crippen LogP contribution in [0.4, 0.5) is 4.39 Å². The van der Waals surface area contributed by atoms with Crippen molar-refractivity contribution in [2.75, 3.05) is 7.05 Å². The molecule has 0 aliphatic carbocycles. The van der Waals surface area contributed by atoms with Crippen molar-refractivity contribution in [2.45, 2.75) is 18.4 Å². The Morgan fingerprint density at radius 2 is 2.19 bits per heavy atom. The highest BCUT2D eigenvalue weighted by molar-refractivity contribution is 7.89. The number of hydrogen-bond acceptors (Lipinski definition) is 5. The molecule has 8 heteroatoms. The van der Waals surface area contributed by atoms with Crippen LogP contribution in [-0.4, -0.2) is 24.8 Å². The number of aromatic nitrogens is 1. The summed E-state index contributed by atoms with van der Waals surface area (Å²) < 4.78 is 39.5. The van der Waals surface area contributed by atoms with Crippen LogP contribution in [0.2, 0.25) is 0 Å². The highest BCUT2D eigenvalue weighted by Crippen LogP contribution is 2.23. The lowest BCUT2D eigenvalue weighted by Gasteiger charge is -2.16. The van der Waals surface area contributed by atoms with Crippen LogP contribution in [0.1, 0.15) is 16.3 Å². The Hall–Kier alpha value is -1.82. The normalized spacial score (nSPS) is 11.6. The summed E-state index contributed by atoms with van der Waals surface area (Å²) in [4.78, 5) is 3.86. The molecule has 21 heavy (non-hydrogen) atoms. The van der Waals surface area contributed by atoms with Gasteiger partial charge in [-0.3, -0.25) is 0 Å². The molecule has 0 aliphatic rings. The Morgan fingerprint density at radius 3 is 2.76 bits per heavy atom. The van der Waals surface area contributed by atoms with E-state index in [1.54, 1.807) is 6.07 Å². The van der Waals surface area contributed by atoms with Gasteiger partial charge in [-0.25, -0.2) is 17.8 Å². The van der Waals surface area contributed by atoms with Crippen LogP contribution in [0.5, 0.6) is 0 Å². The van der Waals surface area contributed by atoms with Crippen molar-refractivity contribution in [1.82, 2.24) is 9.29 Å². The van der Waals surface area contributed by atoms with Gasteiger partial charge >= 0.3 is 0 Å². The molecule has 0 saturated carbocycles. The maximum absolute atomic E-state index is 13.6. The molecule has 0 aliphatic heterocycles. The molecule has 0 spiro atoms. The standard InChI is InChI=1S/C13H12FN3O2S2/c1-9-8-20-13(16-9)7-17(2)21(18,19)12-5-3-4-11(14)10(12)6-15/h3-5,8H,7H2,1-2H3. The maximum atomic E-state index is 13.6. The van der Waals surface area contributed by atoms with E-state index in [1.165, 1.54) is 30.5 Å². The lowest BCUT2D eigenvalue weighted by Crippen LogP contribution is -2.27. The van der Waals surface area contributed by atoms with Crippen molar-refractivity contribution in [3.8, 4) is 6.07 Å². The molecule has 0 atom stereocenters. The molecular formula is C13H12FN3O2S2. The number of hydrogen-bond donors (Lipinski definition) is 0. The van der Waals surface area contributed by atoms with Gasteiger partial charge in [0.2, 0.25) is 10.0 Å². The third-order valence-corrected chi connectivity index (χ3v) is 5.60. The van der Waals surface area contributed by atoms with Gasteiger partial charge in [-0.15, -0.1) is 11.3 Å². The summed E-state index contributed by atoms with van der Waals surface area (Å²) in [6.45, 7) is 1.89. The lowest BCUT2D eigenvalue weighted by atomic mass is 10.2. The summed E-state index contributed by atoms with van der Waals surface area (Å²) in [6.07, 6.45) is 0. The van der Waals surface area contributed by atoms with Crippen molar-refractivity contribution < 1.29 is 12.8 Å². The molecule has 1 aromatic carbocycles. The van der Waals surface area contributed by atoms with Gasteiger partial charge in [-0.05, 0) is 19.1 Å². The summed E-state index contributed by atoms with van der Waals surface area (Å²) in [5, 5.41) is 11.4. The fourth-order valence-corrected chi connectivity index (χ4v) is 3.93. The monoisotopic (exact) mass is 325 g/mol. The van der Waals surface area contributed by atoms with Crippen molar-refractivity contribution in [3.63, 3.8) is 0 Å². The molecule has 110 valence electrons. The van der Waals surface area contributed by atoms with Gasteiger partial charge in [0.1, 0.15) is 27.4 Å². The zero-order valence-corrected chi connectivity index (χ0v) is 13.0. The van der Waals surface area contributed by atoms with Crippen molar-refractivity contribution in [1.29, 1.82) is 5.26 Å². The summed E-state index contributed by atoms with van der Waals surface area (Å²) in [5.74, 6) is -0.850. The number of rotatable bonds is 4. The number of nitriles is 1. The Bertz CT molecular complexity index is 809. The van der Waals surface area contributed by atoms with E-state index >= 15 is 0 Å². The number of sulfonamides is 1. The van der Waals surface area contributed by atoms with Gasteiger partial charge in [0.15, 0.2) is 0 Å². The molecule has 0 unspecified atom stereocenters. The number of thiazole rings is 1. The van der Waals surface area contributed by atoms with Crippen molar-refractivity contribution >= 4 is 21.4 Å². The van der Waals surface area contributed by atoms with Crippen LogP contribution in [0, 0.1) is 24.1 Å². The van der Waals surface area contributed by atoms with E-state index in [9.17, 15) is 12.8 Å². The predicted molar refractivity (Wildman–Crippen MR) is 76.6 cm³/mol. The average Bonchev–Trinajstić information content (AvgIpc) is 2.83. The number of nitrogens with zero attached hydrogens (tertiary/aromatic N) is 3. The Balaban J connectivity index is 2.38. The minimum absolute atomic E-state index is 0.0716. The average molecular weight is 325 g/mol. The first-order valence-electron chi connectivity index (χ1n) is 5.92. The molecule has 2 aromatic rings. The molecule has 0 fully saturated rings. The quantitative estimate of drug-likeness (QED) is 0.864. The van der Waals surface area contributed by atoms with E-state index in [-0.39, 0.29) is 11.4 Å². The molecule has 1 aromatic heterocycles. The molecule has 0 amide bonds. The molecule has 0 saturated heterocycles. The smallest absolute Gasteiger partial charge is 0.244 e. The van der Waals surface area contributed by atoms with Gasteiger partial charge in [0, 0.05) is 18.1 Å². The van der Waals surface area contributed by atoms with Crippen LogP contribution >= 0.6 is 11.3 Å². The minimum atomic E-state index is -3.96. The second-order valence-corrected chi connectivity index (χ2v) is 7.32. The Morgan fingerprint density at radius 1 is 1.48 bits per heavy atom. The molecule has 0 bridgehead atoms. The molecular weight excluding hydrogens is 313 g/mol. The Kier molecular flexibility index (Phi) is 4.37. The van der Waals surface area contributed by atoms with Gasteiger partial charge < -0.3 is 0 Å². The van der Waals surface area contributed by atoms with E-state index in [4.69, 9.17) is 5.26 Å². The van der Waals surface area contributed by atoms with E-state index in [1.807, 2.05) is 12.3 Å². The second kappa shape index (κ2) is 5.89. The van der Waals surface area contributed by atoms with Crippen molar-refractivity contribution in [3.05, 3.63) is 45.7 Å². The van der Waals surface area contributed by atoms with Crippen LogP contribution < -0.4 is 0 Å². The fourth-order valence-electron chi connectivity index (χ4n) is 1.75. The highest BCUT2D eigenvalue weighted by atomic mass is 32.2. The molecule has 1 heterocycles. The van der Waals surface area contributed by atoms with Gasteiger partial charge in [-0.1, -0.05) is 6.07 Å². The second-order valence-electron chi connectivity index (χ2n) is 4.37. The Labute approximate surface area is 126 Å². The third-order valence-electron chi connectivity index (χ3n) is 2.80. The van der Waals surface area contributed by atoms with Gasteiger partial charge in [0.25, 0.3) is 0 Å². The van der Waals surface area contributed by atoms with Crippen LogP contribution in [0.15, 0.2) is 28.5 Å². The lowest BCUT2D eigenvalue weighted by molar-refractivity contribution is 0.464.